The van der Waals surface area contributed by atoms with Crippen LogP contribution in [0.5, 0.6) is 0 Å². The van der Waals surface area contributed by atoms with Gasteiger partial charge in [0.2, 0.25) is 5.91 Å². The molecule has 1 amide bonds. The van der Waals surface area contributed by atoms with E-state index in [1.807, 2.05) is 18.2 Å². The highest BCUT2D eigenvalue weighted by atomic mass is 35.5. The van der Waals surface area contributed by atoms with Crippen LogP contribution in [0.2, 0.25) is 5.02 Å². The second-order valence-corrected chi connectivity index (χ2v) is 6.00. The highest BCUT2D eigenvalue weighted by Gasteiger charge is 2.47. The van der Waals surface area contributed by atoms with Crippen LogP contribution in [0.4, 0.5) is 0 Å². The molecule has 1 aliphatic rings. The molecule has 3 atom stereocenters. The normalized spacial score (nSPS) is 23.2. The minimum atomic E-state index is -1.41. The highest BCUT2D eigenvalue weighted by molar-refractivity contribution is 6.30. The van der Waals surface area contributed by atoms with Crippen molar-refractivity contribution in [2.45, 2.75) is 24.8 Å². The molecule has 1 saturated carbocycles. The van der Waals surface area contributed by atoms with E-state index in [1.165, 1.54) is 14.0 Å². The molecule has 3 unspecified atom stereocenters. The van der Waals surface area contributed by atoms with Gasteiger partial charge in [-0.15, -0.1) is 0 Å². The maximum atomic E-state index is 12.2. The number of halogens is 1. The Balaban J connectivity index is 2.01. The lowest BCUT2D eigenvalue weighted by molar-refractivity contribution is -0.149. The van der Waals surface area contributed by atoms with Gasteiger partial charge < -0.3 is 15.2 Å². The van der Waals surface area contributed by atoms with Crippen LogP contribution in [-0.4, -0.2) is 36.2 Å². The van der Waals surface area contributed by atoms with Crippen molar-refractivity contribution in [2.75, 3.05) is 13.7 Å². The zero-order valence-electron chi connectivity index (χ0n) is 11.9. The number of carboxylic acids is 1. The quantitative estimate of drug-likeness (QED) is 0.843. The first kappa shape index (κ1) is 15.8. The molecule has 6 heteroatoms. The molecule has 1 aliphatic carbocycles. The first-order valence-electron chi connectivity index (χ1n) is 6.67. The Kier molecular flexibility index (Phi) is 4.54. The van der Waals surface area contributed by atoms with Gasteiger partial charge >= 0.3 is 5.97 Å². The molecular weight excluding hydrogens is 294 g/mol. The van der Waals surface area contributed by atoms with E-state index in [9.17, 15) is 14.7 Å². The van der Waals surface area contributed by atoms with E-state index in [2.05, 4.69) is 5.32 Å². The molecule has 0 bridgehead atoms. The Morgan fingerprint density at radius 2 is 2.24 bits per heavy atom. The molecule has 114 valence electrons. The van der Waals surface area contributed by atoms with Crippen LogP contribution in [0.15, 0.2) is 24.3 Å². The predicted molar refractivity (Wildman–Crippen MR) is 78.4 cm³/mol. The fourth-order valence-corrected chi connectivity index (χ4v) is 2.59. The Bertz CT molecular complexity index is 562. The topological polar surface area (TPSA) is 75.6 Å². The van der Waals surface area contributed by atoms with Gasteiger partial charge in [0.25, 0.3) is 0 Å². The lowest BCUT2D eigenvalue weighted by Crippen LogP contribution is -2.55. The van der Waals surface area contributed by atoms with Crippen molar-refractivity contribution in [3.8, 4) is 0 Å². The van der Waals surface area contributed by atoms with Gasteiger partial charge in [-0.05, 0) is 37.0 Å². The zero-order valence-corrected chi connectivity index (χ0v) is 12.7. The Labute approximate surface area is 128 Å². The molecule has 0 saturated heterocycles. The lowest BCUT2D eigenvalue weighted by atomic mass is 10.0. The van der Waals surface area contributed by atoms with Crippen LogP contribution in [0.3, 0.4) is 0 Å². The summed E-state index contributed by atoms with van der Waals surface area (Å²) in [4.78, 5) is 23.5. The minimum absolute atomic E-state index is 0.0807. The average Bonchev–Trinajstić information content (AvgIpc) is 3.19. The van der Waals surface area contributed by atoms with Crippen LogP contribution in [0.25, 0.3) is 0 Å². The predicted octanol–water partition coefficient (Wildman–Crippen LogP) is 2.05. The van der Waals surface area contributed by atoms with Crippen LogP contribution in [-0.2, 0) is 14.3 Å². The summed E-state index contributed by atoms with van der Waals surface area (Å²) < 4.78 is 4.88. The fourth-order valence-electron chi connectivity index (χ4n) is 2.39. The monoisotopic (exact) mass is 311 g/mol. The number of hydrogen-bond donors (Lipinski definition) is 2. The van der Waals surface area contributed by atoms with Gasteiger partial charge in [0.05, 0.1) is 6.61 Å². The van der Waals surface area contributed by atoms with E-state index in [4.69, 9.17) is 16.3 Å². The summed E-state index contributed by atoms with van der Waals surface area (Å²) in [6.07, 6.45) is 0.703. The second-order valence-electron chi connectivity index (χ2n) is 5.56. The summed E-state index contributed by atoms with van der Waals surface area (Å²) in [6.45, 7) is 1.36. The maximum Gasteiger partial charge on any atom is 0.331 e. The number of methoxy groups -OCH3 is 1. The largest absolute Gasteiger partial charge is 0.479 e. The highest BCUT2D eigenvalue weighted by Crippen LogP contribution is 2.48. The third-order valence-corrected chi connectivity index (χ3v) is 3.94. The summed E-state index contributed by atoms with van der Waals surface area (Å²) >= 11 is 5.94. The van der Waals surface area contributed by atoms with Gasteiger partial charge in [-0.25, -0.2) is 4.79 Å². The summed E-state index contributed by atoms with van der Waals surface area (Å²) in [7, 11) is 1.40. The SMILES string of the molecule is COCC(C)(NC(=O)C1CC1c1cccc(Cl)c1)C(=O)O. The Morgan fingerprint density at radius 1 is 1.52 bits per heavy atom. The molecule has 2 N–H and O–H groups in total. The van der Waals surface area contributed by atoms with Crippen LogP contribution >= 0.6 is 11.6 Å². The smallest absolute Gasteiger partial charge is 0.331 e. The number of rotatable bonds is 6. The number of nitrogens with one attached hydrogen (secondary N) is 1. The number of amides is 1. The number of carbonyl (C=O) groups is 2. The van der Waals surface area contributed by atoms with Gasteiger partial charge in [0, 0.05) is 18.1 Å². The number of carbonyl (C=O) groups excluding carboxylic acids is 1. The standard InChI is InChI=1S/C15H18ClNO4/c1-15(8-21-2,14(19)20)17-13(18)12-7-11(12)9-4-3-5-10(16)6-9/h3-6,11-12H,7-8H2,1-2H3,(H,17,18)(H,19,20). The number of benzene rings is 1. The van der Waals surface area contributed by atoms with Crippen molar-refractivity contribution < 1.29 is 19.4 Å². The van der Waals surface area contributed by atoms with E-state index in [-0.39, 0.29) is 24.3 Å². The molecular formula is C15H18ClNO4. The van der Waals surface area contributed by atoms with Crippen molar-refractivity contribution in [1.29, 1.82) is 0 Å². The molecule has 0 aliphatic heterocycles. The molecule has 1 fully saturated rings. The molecule has 0 spiro atoms. The summed E-state index contributed by atoms with van der Waals surface area (Å²) in [5.74, 6) is -1.48. The van der Waals surface area contributed by atoms with Gasteiger partial charge in [0.1, 0.15) is 0 Å². The van der Waals surface area contributed by atoms with E-state index in [0.29, 0.717) is 11.4 Å². The molecule has 1 aromatic rings. The molecule has 0 heterocycles. The third kappa shape index (κ3) is 3.54. The van der Waals surface area contributed by atoms with Gasteiger partial charge in [-0.1, -0.05) is 23.7 Å². The molecule has 0 radical (unpaired) electrons. The molecule has 1 aromatic carbocycles. The first-order valence-corrected chi connectivity index (χ1v) is 7.05. The molecule has 2 rings (SSSR count). The van der Waals surface area contributed by atoms with Crippen molar-refractivity contribution in [3.05, 3.63) is 34.9 Å². The van der Waals surface area contributed by atoms with E-state index < -0.39 is 11.5 Å². The van der Waals surface area contributed by atoms with E-state index >= 15 is 0 Å². The molecule has 21 heavy (non-hydrogen) atoms. The number of hydrogen-bond acceptors (Lipinski definition) is 3. The van der Waals surface area contributed by atoms with Gasteiger partial charge in [-0.3, -0.25) is 4.79 Å². The third-order valence-electron chi connectivity index (χ3n) is 3.71. The molecule has 0 aromatic heterocycles. The van der Waals surface area contributed by atoms with Gasteiger partial charge in [-0.2, -0.15) is 0 Å². The van der Waals surface area contributed by atoms with Crippen molar-refractivity contribution in [3.63, 3.8) is 0 Å². The van der Waals surface area contributed by atoms with E-state index in [1.54, 1.807) is 6.07 Å². The van der Waals surface area contributed by atoms with Crippen molar-refractivity contribution in [1.82, 2.24) is 5.32 Å². The molecule has 5 nitrogen and oxygen atoms in total. The minimum Gasteiger partial charge on any atom is -0.479 e. The second kappa shape index (κ2) is 6.03. The number of aliphatic carboxylic acids is 1. The maximum absolute atomic E-state index is 12.2. The first-order chi connectivity index (χ1) is 9.87. The summed E-state index contributed by atoms with van der Waals surface area (Å²) in [6, 6.07) is 7.39. The van der Waals surface area contributed by atoms with Crippen molar-refractivity contribution in [2.24, 2.45) is 5.92 Å². The van der Waals surface area contributed by atoms with Crippen LogP contribution in [0.1, 0.15) is 24.8 Å². The summed E-state index contributed by atoms with van der Waals surface area (Å²) in [5.41, 5.74) is -0.403. The Morgan fingerprint density at radius 3 is 2.81 bits per heavy atom. The van der Waals surface area contributed by atoms with Crippen LogP contribution < -0.4 is 5.32 Å². The van der Waals surface area contributed by atoms with Crippen molar-refractivity contribution >= 4 is 23.5 Å². The number of ether oxygens (including phenoxy) is 1. The van der Waals surface area contributed by atoms with Crippen LogP contribution in [0, 0.1) is 5.92 Å². The van der Waals surface area contributed by atoms with E-state index in [0.717, 1.165) is 5.56 Å². The van der Waals surface area contributed by atoms with Gasteiger partial charge in [0.15, 0.2) is 5.54 Å². The summed E-state index contributed by atoms with van der Waals surface area (Å²) in [5, 5.41) is 12.4. The Hall–Kier alpha value is -1.59. The lowest BCUT2D eigenvalue weighted by Gasteiger charge is -2.25. The zero-order chi connectivity index (χ0) is 15.6. The fraction of sp³-hybridized carbons (Fsp3) is 0.467. The average molecular weight is 312 g/mol. The number of carboxylic acid groups (broad SMARTS) is 1.